The van der Waals surface area contributed by atoms with E-state index >= 15 is 0 Å². The smallest absolute Gasteiger partial charge is 0.303 e. The van der Waals surface area contributed by atoms with Crippen LogP contribution in [-0.4, -0.2) is 101 Å². The summed E-state index contributed by atoms with van der Waals surface area (Å²) in [6.07, 6.45) is -6.20. The van der Waals surface area contributed by atoms with Gasteiger partial charge in [-0.1, -0.05) is 5.11 Å². The molecule has 0 saturated carbocycles. The van der Waals surface area contributed by atoms with Crippen LogP contribution in [0, 0.1) is 0 Å². The lowest BCUT2D eigenvalue weighted by Crippen LogP contribution is -2.63. The van der Waals surface area contributed by atoms with Crippen LogP contribution in [0.5, 0.6) is 0 Å². The van der Waals surface area contributed by atoms with Gasteiger partial charge in [-0.3, -0.25) is 19.2 Å². The standard InChI is InChI=1S/C20H31N3O12/c1-12(24)31-11-16-17(32-13(2)25)18(33-14(3)26)19(34-15(4)27)20(35-16)30-10-9-29-8-7-28-6-5-22-23-21/h16-20H,5-11H2,1-4H3/t16?,17-,18?,19?,20+/m1/s1. The molecule has 15 heteroatoms. The van der Waals surface area contributed by atoms with Crippen LogP contribution in [-0.2, 0) is 57.1 Å². The first kappa shape index (κ1) is 30.1. The van der Waals surface area contributed by atoms with Gasteiger partial charge >= 0.3 is 23.9 Å². The molecule has 0 aromatic heterocycles. The summed E-state index contributed by atoms with van der Waals surface area (Å²) in [4.78, 5) is 49.1. The number of carbonyl (C=O) groups excluding carboxylic acids is 4. The first-order chi connectivity index (χ1) is 16.6. The maximum atomic E-state index is 11.8. The van der Waals surface area contributed by atoms with Crippen LogP contribution in [0.15, 0.2) is 5.11 Å². The molecule has 0 N–H and O–H groups in total. The summed E-state index contributed by atoms with van der Waals surface area (Å²) in [7, 11) is 0. The Bertz CT molecular complexity index is 758. The molecule has 0 aromatic rings. The lowest BCUT2D eigenvalue weighted by atomic mass is 9.98. The van der Waals surface area contributed by atoms with Crippen LogP contribution >= 0.6 is 0 Å². The fourth-order valence-electron chi connectivity index (χ4n) is 3.02. The number of azide groups is 1. The summed E-state index contributed by atoms with van der Waals surface area (Å²) < 4.78 is 42.9. The lowest BCUT2D eigenvalue weighted by Gasteiger charge is -2.44. The van der Waals surface area contributed by atoms with Crippen LogP contribution in [0.3, 0.4) is 0 Å². The predicted molar refractivity (Wildman–Crippen MR) is 114 cm³/mol. The fourth-order valence-corrected chi connectivity index (χ4v) is 3.02. The Kier molecular flexibility index (Phi) is 14.3. The van der Waals surface area contributed by atoms with Crippen molar-refractivity contribution in [2.75, 3.05) is 46.2 Å². The molecular formula is C20H31N3O12. The second-order valence-corrected chi connectivity index (χ2v) is 7.12. The normalized spacial score (nSPS) is 23.5. The summed E-state index contributed by atoms with van der Waals surface area (Å²) in [6, 6.07) is 0. The van der Waals surface area contributed by atoms with Gasteiger partial charge in [0.2, 0.25) is 0 Å². The van der Waals surface area contributed by atoms with Crippen LogP contribution in [0.25, 0.3) is 10.4 Å². The molecule has 0 aliphatic carbocycles. The summed E-state index contributed by atoms with van der Waals surface area (Å²) in [5.74, 6) is -2.80. The number of hydrogen-bond acceptors (Lipinski definition) is 13. The van der Waals surface area contributed by atoms with Crippen molar-refractivity contribution in [3.8, 4) is 0 Å². The van der Waals surface area contributed by atoms with Crippen LogP contribution < -0.4 is 0 Å². The summed E-state index contributed by atoms with van der Waals surface area (Å²) >= 11 is 0. The van der Waals surface area contributed by atoms with Gasteiger partial charge in [0.1, 0.15) is 12.7 Å². The average Bonchev–Trinajstić information content (AvgIpc) is 2.76. The Morgan fingerprint density at radius 2 is 1.31 bits per heavy atom. The molecule has 5 atom stereocenters. The van der Waals surface area contributed by atoms with Gasteiger partial charge in [0, 0.05) is 39.2 Å². The molecule has 0 bridgehead atoms. The topological polar surface area (TPSA) is 191 Å². The molecular weight excluding hydrogens is 474 g/mol. The molecule has 1 saturated heterocycles. The third-order valence-electron chi connectivity index (χ3n) is 4.23. The Labute approximate surface area is 201 Å². The fraction of sp³-hybridized carbons (Fsp3) is 0.800. The van der Waals surface area contributed by atoms with Crippen molar-refractivity contribution in [2.24, 2.45) is 5.11 Å². The molecule has 1 aliphatic rings. The first-order valence-electron chi connectivity index (χ1n) is 10.7. The van der Waals surface area contributed by atoms with Crippen LogP contribution in [0.2, 0.25) is 0 Å². The zero-order valence-electron chi connectivity index (χ0n) is 20.1. The summed E-state index contributed by atoms with van der Waals surface area (Å²) in [5.41, 5.74) is 8.18. The van der Waals surface area contributed by atoms with Crippen molar-refractivity contribution in [3.63, 3.8) is 0 Å². The molecule has 1 heterocycles. The van der Waals surface area contributed by atoms with Gasteiger partial charge in [-0.15, -0.1) is 0 Å². The van der Waals surface area contributed by atoms with E-state index in [0.29, 0.717) is 0 Å². The zero-order chi connectivity index (χ0) is 26.2. The lowest BCUT2D eigenvalue weighted by molar-refractivity contribution is -0.309. The van der Waals surface area contributed by atoms with Crippen molar-refractivity contribution >= 4 is 23.9 Å². The van der Waals surface area contributed by atoms with E-state index in [4.69, 9.17) is 43.4 Å². The summed E-state index contributed by atoms with van der Waals surface area (Å²) in [5, 5.41) is 3.33. The maximum Gasteiger partial charge on any atom is 0.303 e. The molecule has 0 radical (unpaired) electrons. The minimum Gasteiger partial charge on any atom is -0.463 e. The highest BCUT2D eigenvalue weighted by Crippen LogP contribution is 2.29. The number of nitrogens with zero attached hydrogens (tertiary/aromatic N) is 3. The van der Waals surface area contributed by atoms with E-state index in [1.54, 1.807) is 0 Å². The highest BCUT2D eigenvalue weighted by Gasteiger charge is 2.52. The number of esters is 4. The van der Waals surface area contributed by atoms with E-state index in [1.807, 2.05) is 0 Å². The number of hydrogen-bond donors (Lipinski definition) is 0. The Morgan fingerprint density at radius 3 is 1.89 bits per heavy atom. The average molecular weight is 505 g/mol. The number of rotatable bonds is 15. The van der Waals surface area contributed by atoms with Gasteiger partial charge in [0.15, 0.2) is 24.6 Å². The van der Waals surface area contributed by atoms with Crippen molar-refractivity contribution < 1.29 is 57.1 Å². The first-order valence-corrected chi connectivity index (χ1v) is 10.7. The van der Waals surface area contributed by atoms with Gasteiger partial charge < -0.3 is 37.9 Å². The minimum absolute atomic E-state index is 0.0214. The van der Waals surface area contributed by atoms with E-state index in [9.17, 15) is 19.2 Å². The van der Waals surface area contributed by atoms with Crippen molar-refractivity contribution in [1.82, 2.24) is 0 Å². The van der Waals surface area contributed by atoms with Gasteiger partial charge in [-0.2, -0.15) is 0 Å². The van der Waals surface area contributed by atoms with Gasteiger partial charge in [0.05, 0.1) is 33.0 Å². The molecule has 35 heavy (non-hydrogen) atoms. The van der Waals surface area contributed by atoms with Crippen molar-refractivity contribution in [2.45, 2.75) is 58.4 Å². The second-order valence-electron chi connectivity index (χ2n) is 7.12. The quantitative estimate of drug-likeness (QED) is 0.0745. The third kappa shape index (κ3) is 12.3. The highest BCUT2D eigenvalue weighted by molar-refractivity contribution is 5.68. The minimum atomic E-state index is -1.30. The Balaban J connectivity index is 2.85. The van der Waals surface area contributed by atoms with Crippen LogP contribution in [0.4, 0.5) is 0 Å². The zero-order valence-corrected chi connectivity index (χ0v) is 20.1. The molecule has 1 aliphatic heterocycles. The molecule has 1 fully saturated rings. The van der Waals surface area contributed by atoms with Crippen LogP contribution in [0.1, 0.15) is 27.7 Å². The molecule has 0 amide bonds. The molecule has 0 aromatic carbocycles. The molecule has 1 rings (SSSR count). The van der Waals surface area contributed by atoms with Crippen molar-refractivity contribution in [3.05, 3.63) is 10.4 Å². The summed E-state index contributed by atoms with van der Waals surface area (Å²) in [6.45, 7) is 5.29. The maximum absolute atomic E-state index is 11.8. The number of ether oxygens (including phenoxy) is 8. The SMILES string of the molecule is CC(=O)OCC1O[C@H](OCCOCCOCCN=[N+]=[N-])C(OC(C)=O)C(OC(C)=O)[C@@H]1OC(C)=O. The van der Waals surface area contributed by atoms with E-state index in [2.05, 4.69) is 10.0 Å². The Morgan fingerprint density at radius 1 is 0.771 bits per heavy atom. The predicted octanol–water partition coefficient (Wildman–Crippen LogP) is 0.430. The second kappa shape index (κ2) is 16.6. The van der Waals surface area contributed by atoms with E-state index < -0.39 is 54.6 Å². The molecule has 0 spiro atoms. The van der Waals surface area contributed by atoms with E-state index in [0.717, 1.165) is 20.8 Å². The highest BCUT2D eigenvalue weighted by atomic mass is 16.7. The molecule has 15 nitrogen and oxygen atoms in total. The molecule has 198 valence electrons. The largest absolute Gasteiger partial charge is 0.463 e. The van der Waals surface area contributed by atoms with Crippen molar-refractivity contribution in [1.29, 1.82) is 0 Å². The van der Waals surface area contributed by atoms with Gasteiger partial charge in [-0.05, 0) is 5.53 Å². The van der Waals surface area contributed by atoms with E-state index in [1.165, 1.54) is 6.92 Å². The Hall–Kier alpha value is -2.97. The van der Waals surface area contributed by atoms with Gasteiger partial charge in [-0.25, -0.2) is 0 Å². The third-order valence-corrected chi connectivity index (χ3v) is 4.23. The van der Waals surface area contributed by atoms with Gasteiger partial charge in [0.25, 0.3) is 0 Å². The van der Waals surface area contributed by atoms with E-state index in [-0.39, 0.29) is 46.2 Å². The monoisotopic (exact) mass is 505 g/mol. The molecule has 3 unspecified atom stereocenters. The number of carbonyl (C=O) groups is 4.